The highest BCUT2D eigenvalue weighted by atomic mass is 32.2. The van der Waals surface area contributed by atoms with Crippen molar-refractivity contribution in [2.45, 2.75) is 63.5 Å². The molecule has 1 saturated carbocycles. The molecule has 0 aromatic rings. The monoisotopic (exact) mass is 286 g/mol. The molecule has 2 saturated heterocycles. The van der Waals surface area contributed by atoms with Crippen LogP contribution < -0.4 is 5.32 Å². The Morgan fingerprint density at radius 2 is 1.84 bits per heavy atom. The largest absolute Gasteiger partial charge is 0.313 e. The molecule has 4 nitrogen and oxygen atoms in total. The zero-order valence-electron chi connectivity index (χ0n) is 11.7. The maximum Gasteiger partial charge on any atom is 0.215 e. The second-order valence-electron chi connectivity index (χ2n) is 6.44. The topological polar surface area (TPSA) is 49.4 Å². The van der Waals surface area contributed by atoms with Crippen molar-refractivity contribution in [2.75, 3.05) is 18.8 Å². The number of nitrogens with one attached hydrogen (secondary N) is 1. The van der Waals surface area contributed by atoms with E-state index in [0.717, 1.165) is 32.4 Å². The minimum Gasteiger partial charge on any atom is -0.313 e. The van der Waals surface area contributed by atoms with Crippen molar-refractivity contribution in [3.05, 3.63) is 0 Å². The number of rotatable bonds is 3. The van der Waals surface area contributed by atoms with Gasteiger partial charge in [0.2, 0.25) is 10.0 Å². The molecule has 3 rings (SSSR count). The fourth-order valence-corrected chi connectivity index (χ4v) is 6.25. The van der Waals surface area contributed by atoms with Crippen LogP contribution in [0.4, 0.5) is 0 Å². The highest BCUT2D eigenvalue weighted by Crippen LogP contribution is 2.38. The first kappa shape index (κ1) is 13.8. The van der Waals surface area contributed by atoms with Gasteiger partial charge in [-0.1, -0.05) is 12.8 Å². The van der Waals surface area contributed by atoms with Crippen LogP contribution in [0.3, 0.4) is 0 Å². The van der Waals surface area contributed by atoms with E-state index >= 15 is 0 Å². The first-order valence-corrected chi connectivity index (χ1v) is 9.50. The molecule has 2 aliphatic heterocycles. The summed E-state index contributed by atoms with van der Waals surface area (Å²) in [5.41, 5.74) is 0. The van der Waals surface area contributed by atoms with Crippen LogP contribution in [0.5, 0.6) is 0 Å². The highest BCUT2D eigenvalue weighted by Gasteiger charge is 2.41. The van der Waals surface area contributed by atoms with Gasteiger partial charge in [0.25, 0.3) is 0 Å². The normalized spacial score (nSPS) is 37.2. The summed E-state index contributed by atoms with van der Waals surface area (Å²) in [4.78, 5) is 0. The van der Waals surface area contributed by atoms with E-state index in [4.69, 9.17) is 0 Å². The number of hydrogen-bond donors (Lipinski definition) is 1. The molecule has 19 heavy (non-hydrogen) atoms. The Balaban J connectivity index is 1.68. The van der Waals surface area contributed by atoms with Gasteiger partial charge < -0.3 is 5.32 Å². The molecule has 110 valence electrons. The van der Waals surface area contributed by atoms with Crippen LogP contribution in [0.25, 0.3) is 0 Å². The molecule has 2 heterocycles. The Kier molecular flexibility index (Phi) is 4.15. The van der Waals surface area contributed by atoms with Gasteiger partial charge in [0.1, 0.15) is 0 Å². The molecule has 3 aliphatic rings. The molecule has 3 atom stereocenters. The number of piperidine rings is 2. The molecule has 5 heteroatoms. The Hall–Kier alpha value is -0.130. The van der Waals surface area contributed by atoms with Crippen LogP contribution in [0, 0.1) is 5.92 Å². The molecular weight excluding hydrogens is 260 g/mol. The fourth-order valence-electron chi connectivity index (χ4n) is 4.17. The van der Waals surface area contributed by atoms with E-state index in [1.807, 2.05) is 4.31 Å². The number of nitrogens with zero attached hydrogens (tertiary/aromatic N) is 1. The third kappa shape index (κ3) is 2.98. The van der Waals surface area contributed by atoms with E-state index in [-0.39, 0.29) is 6.04 Å². The maximum atomic E-state index is 12.7. The third-order valence-electron chi connectivity index (χ3n) is 5.12. The predicted octanol–water partition coefficient (Wildman–Crippen LogP) is 1.72. The lowest BCUT2D eigenvalue weighted by atomic mass is 9.94. The van der Waals surface area contributed by atoms with Crippen molar-refractivity contribution in [1.82, 2.24) is 9.62 Å². The lowest BCUT2D eigenvalue weighted by molar-refractivity contribution is 0.201. The first-order valence-electron chi connectivity index (χ1n) is 7.90. The Morgan fingerprint density at radius 1 is 1.00 bits per heavy atom. The number of sulfonamides is 1. The van der Waals surface area contributed by atoms with Gasteiger partial charge in [-0.05, 0) is 51.0 Å². The Labute approximate surface area is 117 Å². The minimum absolute atomic E-state index is 0.181. The summed E-state index contributed by atoms with van der Waals surface area (Å²) in [6.07, 6.45) is 9.19. The van der Waals surface area contributed by atoms with Gasteiger partial charge in [-0.2, -0.15) is 4.31 Å². The van der Waals surface area contributed by atoms with E-state index < -0.39 is 10.0 Å². The molecule has 0 bridgehead atoms. The van der Waals surface area contributed by atoms with Gasteiger partial charge in [-0.15, -0.1) is 0 Å². The average molecular weight is 286 g/mol. The fraction of sp³-hybridized carbons (Fsp3) is 1.00. The van der Waals surface area contributed by atoms with Crippen molar-refractivity contribution in [2.24, 2.45) is 5.92 Å². The summed E-state index contributed by atoms with van der Waals surface area (Å²) in [5.74, 6) is 0.957. The summed E-state index contributed by atoms with van der Waals surface area (Å²) in [7, 11) is -3.07. The number of fused-ring (bicyclic) bond motifs is 1. The van der Waals surface area contributed by atoms with E-state index in [1.165, 1.54) is 32.1 Å². The van der Waals surface area contributed by atoms with Crippen molar-refractivity contribution in [3.63, 3.8) is 0 Å². The van der Waals surface area contributed by atoms with E-state index in [9.17, 15) is 8.42 Å². The minimum atomic E-state index is -3.07. The summed E-state index contributed by atoms with van der Waals surface area (Å²) < 4.78 is 27.2. The molecular formula is C14H26N2O2S. The van der Waals surface area contributed by atoms with E-state index in [0.29, 0.717) is 17.7 Å². The van der Waals surface area contributed by atoms with Crippen LogP contribution in [0.1, 0.15) is 51.4 Å². The smallest absolute Gasteiger partial charge is 0.215 e. The van der Waals surface area contributed by atoms with Gasteiger partial charge in [0, 0.05) is 18.6 Å². The van der Waals surface area contributed by atoms with E-state index in [2.05, 4.69) is 5.32 Å². The Morgan fingerprint density at radius 3 is 2.63 bits per heavy atom. The summed E-state index contributed by atoms with van der Waals surface area (Å²) >= 11 is 0. The number of hydrogen-bond acceptors (Lipinski definition) is 3. The van der Waals surface area contributed by atoms with E-state index in [1.54, 1.807) is 0 Å². The molecule has 0 radical (unpaired) electrons. The van der Waals surface area contributed by atoms with Gasteiger partial charge >= 0.3 is 0 Å². The average Bonchev–Trinajstić information content (AvgIpc) is 2.87. The quantitative estimate of drug-likeness (QED) is 0.859. The Bertz CT molecular complexity index is 404. The molecule has 0 aromatic heterocycles. The van der Waals surface area contributed by atoms with Crippen LogP contribution in [0.15, 0.2) is 0 Å². The third-order valence-corrected chi connectivity index (χ3v) is 7.12. The van der Waals surface area contributed by atoms with Crippen LogP contribution in [-0.2, 0) is 10.0 Å². The molecule has 0 spiro atoms. The lowest BCUT2D eigenvalue weighted by Gasteiger charge is -2.37. The van der Waals surface area contributed by atoms with Gasteiger partial charge in [0.15, 0.2) is 0 Å². The molecule has 3 fully saturated rings. The van der Waals surface area contributed by atoms with Gasteiger partial charge in [-0.3, -0.25) is 0 Å². The summed E-state index contributed by atoms with van der Waals surface area (Å²) in [5, 5.41) is 3.37. The summed E-state index contributed by atoms with van der Waals surface area (Å²) in [6.45, 7) is 1.74. The van der Waals surface area contributed by atoms with Crippen molar-refractivity contribution in [3.8, 4) is 0 Å². The molecule has 3 unspecified atom stereocenters. The zero-order chi connectivity index (χ0) is 13.3. The zero-order valence-corrected chi connectivity index (χ0v) is 12.5. The van der Waals surface area contributed by atoms with Crippen molar-refractivity contribution in [1.29, 1.82) is 0 Å². The second-order valence-corrected chi connectivity index (χ2v) is 8.40. The van der Waals surface area contributed by atoms with Crippen LogP contribution in [-0.4, -0.2) is 43.6 Å². The van der Waals surface area contributed by atoms with Crippen molar-refractivity contribution >= 4 is 10.0 Å². The van der Waals surface area contributed by atoms with Crippen LogP contribution >= 0.6 is 0 Å². The first-order chi connectivity index (χ1) is 9.17. The molecule has 1 aliphatic carbocycles. The second kappa shape index (κ2) is 5.70. The summed E-state index contributed by atoms with van der Waals surface area (Å²) in [6, 6.07) is 0.503. The molecule has 1 N–H and O–H groups in total. The standard InChI is InChI=1S/C14H26N2O2S/c17-19(18,11-13-7-1-2-9-15-13)16-10-4-6-12-5-3-8-14(12)16/h12-15H,1-11H2. The van der Waals surface area contributed by atoms with Gasteiger partial charge in [0.05, 0.1) is 5.75 Å². The van der Waals surface area contributed by atoms with Crippen molar-refractivity contribution < 1.29 is 8.42 Å². The highest BCUT2D eigenvalue weighted by molar-refractivity contribution is 7.89. The lowest BCUT2D eigenvalue weighted by Crippen LogP contribution is -2.50. The van der Waals surface area contributed by atoms with Crippen LogP contribution in [0.2, 0.25) is 0 Å². The maximum absolute atomic E-state index is 12.7. The van der Waals surface area contributed by atoms with Gasteiger partial charge in [-0.25, -0.2) is 8.42 Å². The SMILES string of the molecule is O=S(=O)(CC1CCCCN1)N1CCCC2CCCC21. The predicted molar refractivity (Wildman–Crippen MR) is 76.5 cm³/mol. The molecule has 0 amide bonds. The molecule has 0 aromatic carbocycles.